The number of urea groups is 1. The predicted molar refractivity (Wildman–Crippen MR) is 104 cm³/mol. The van der Waals surface area contributed by atoms with Crippen molar-refractivity contribution < 1.29 is 9.53 Å². The molecule has 1 aromatic carbocycles. The Kier molecular flexibility index (Phi) is 6.09. The van der Waals surface area contributed by atoms with E-state index < -0.39 is 0 Å². The van der Waals surface area contributed by atoms with Crippen molar-refractivity contribution in [3.63, 3.8) is 0 Å². The van der Waals surface area contributed by atoms with Crippen molar-refractivity contribution in [2.75, 3.05) is 13.7 Å². The summed E-state index contributed by atoms with van der Waals surface area (Å²) in [5.41, 5.74) is 2.27. The van der Waals surface area contributed by atoms with Crippen molar-refractivity contribution in [1.82, 2.24) is 10.6 Å². The zero-order chi connectivity index (χ0) is 17.5. The Bertz CT molecular complexity index is 734. The van der Waals surface area contributed by atoms with E-state index in [0.717, 1.165) is 28.2 Å². The molecule has 3 rings (SSSR count). The maximum atomic E-state index is 12.3. The highest BCUT2D eigenvalue weighted by atomic mass is 32.1. The van der Waals surface area contributed by atoms with Crippen LogP contribution >= 0.6 is 22.7 Å². The molecule has 0 bridgehead atoms. The zero-order valence-corrected chi connectivity index (χ0v) is 15.5. The van der Waals surface area contributed by atoms with Gasteiger partial charge in [0, 0.05) is 11.4 Å². The summed E-state index contributed by atoms with van der Waals surface area (Å²) in [5.74, 6) is 0.837. The average Bonchev–Trinajstić information content (AvgIpc) is 3.34. The van der Waals surface area contributed by atoms with Gasteiger partial charge in [-0.1, -0.05) is 18.2 Å². The van der Waals surface area contributed by atoms with Crippen molar-refractivity contribution >= 4 is 28.7 Å². The minimum atomic E-state index is -0.155. The predicted octanol–water partition coefficient (Wildman–Crippen LogP) is 4.45. The summed E-state index contributed by atoms with van der Waals surface area (Å²) in [6.07, 6.45) is 0.777. The van der Waals surface area contributed by atoms with Crippen molar-refractivity contribution in [1.29, 1.82) is 0 Å². The first-order chi connectivity index (χ1) is 12.3. The Morgan fingerprint density at radius 1 is 1.16 bits per heavy atom. The number of hydrogen-bond donors (Lipinski definition) is 2. The lowest BCUT2D eigenvalue weighted by atomic mass is 10.1. The fraction of sp³-hybridized carbons (Fsp3) is 0.211. The van der Waals surface area contributed by atoms with Crippen molar-refractivity contribution in [3.05, 3.63) is 74.6 Å². The van der Waals surface area contributed by atoms with Crippen LogP contribution < -0.4 is 15.4 Å². The molecule has 0 saturated heterocycles. The maximum Gasteiger partial charge on any atom is 0.315 e. The van der Waals surface area contributed by atoms with E-state index in [4.69, 9.17) is 4.74 Å². The van der Waals surface area contributed by atoms with Crippen LogP contribution in [0.15, 0.2) is 58.6 Å². The lowest BCUT2D eigenvalue weighted by Crippen LogP contribution is -2.38. The highest BCUT2D eigenvalue weighted by molar-refractivity contribution is 7.10. The van der Waals surface area contributed by atoms with Gasteiger partial charge in [-0.05, 0) is 58.0 Å². The molecule has 2 aromatic heterocycles. The molecule has 2 amide bonds. The Morgan fingerprint density at radius 2 is 2.00 bits per heavy atom. The quantitative estimate of drug-likeness (QED) is 0.644. The second kappa shape index (κ2) is 8.69. The van der Waals surface area contributed by atoms with Gasteiger partial charge >= 0.3 is 6.03 Å². The number of hydrogen-bond acceptors (Lipinski definition) is 4. The number of carbonyl (C=O) groups excluding carboxylic acids is 1. The summed E-state index contributed by atoms with van der Waals surface area (Å²) in [6, 6.07) is 13.7. The van der Waals surface area contributed by atoms with Crippen LogP contribution in [0, 0.1) is 0 Å². The van der Waals surface area contributed by atoms with Gasteiger partial charge in [-0.3, -0.25) is 0 Å². The molecule has 2 N–H and O–H groups in total. The summed E-state index contributed by atoms with van der Waals surface area (Å²) < 4.78 is 5.15. The van der Waals surface area contributed by atoms with Crippen molar-refractivity contribution in [2.24, 2.45) is 0 Å². The average molecular weight is 373 g/mol. The summed E-state index contributed by atoms with van der Waals surface area (Å²) >= 11 is 3.28. The van der Waals surface area contributed by atoms with Crippen molar-refractivity contribution in [3.8, 4) is 5.75 Å². The third kappa shape index (κ3) is 4.84. The van der Waals surface area contributed by atoms with Gasteiger partial charge in [-0.25, -0.2) is 4.79 Å². The zero-order valence-electron chi connectivity index (χ0n) is 13.9. The molecular weight excluding hydrogens is 352 g/mol. The Balaban J connectivity index is 1.53. The summed E-state index contributed by atoms with van der Waals surface area (Å²) in [5, 5.41) is 12.1. The number of thiophene rings is 2. The molecule has 6 heteroatoms. The normalized spacial score (nSPS) is 11.7. The molecule has 130 valence electrons. The summed E-state index contributed by atoms with van der Waals surface area (Å²) in [6.45, 7) is 0.582. The molecule has 0 spiro atoms. The molecule has 3 aromatic rings. The number of rotatable bonds is 7. The first-order valence-electron chi connectivity index (χ1n) is 7.99. The number of methoxy groups -OCH3 is 1. The second-order valence-corrected chi connectivity index (χ2v) is 7.26. The van der Waals surface area contributed by atoms with Gasteiger partial charge in [-0.15, -0.1) is 11.3 Å². The molecule has 0 aliphatic heterocycles. The number of benzene rings is 1. The largest absolute Gasteiger partial charge is 0.497 e. The summed E-state index contributed by atoms with van der Waals surface area (Å²) in [4.78, 5) is 13.4. The second-order valence-electron chi connectivity index (χ2n) is 5.50. The van der Waals surface area contributed by atoms with Crippen LogP contribution in [0.2, 0.25) is 0 Å². The fourth-order valence-electron chi connectivity index (χ4n) is 2.51. The van der Waals surface area contributed by atoms with E-state index in [9.17, 15) is 4.79 Å². The third-order valence-corrected chi connectivity index (χ3v) is 5.48. The van der Waals surface area contributed by atoms with Crippen LogP contribution in [0.3, 0.4) is 0 Å². The van der Waals surface area contributed by atoms with Crippen LogP contribution in [0.5, 0.6) is 5.75 Å². The van der Waals surface area contributed by atoms with Gasteiger partial charge < -0.3 is 15.4 Å². The van der Waals surface area contributed by atoms with E-state index in [1.54, 1.807) is 29.8 Å². The van der Waals surface area contributed by atoms with E-state index in [0.29, 0.717) is 6.54 Å². The molecule has 0 fully saturated rings. The van der Waals surface area contributed by atoms with E-state index >= 15 is 0 Å². The van der Waals surface area contributed by atoms with Crippen LogP contribution in [0.25, 0.3) is 0 Å². The Labute approximate surface area is 155 Å². The van der Waals surface area contributed by atoms with Crippen molar-refractivity contribution in [2.45, 2.75) is 12.5 Å². The van der Waals surface area contributed by atoms with E-state index in [-0.39, 0.29) is 12.1 Å². The molecule has 0 radical (unpaired) electrons. The van der Waals surface area contributed by atoms with Gasteiger partial charge in [0.1, 0.15) is 5.75 Å². The standard InChI is InChI=1S/C19H20N2O2S2/c1-23-16-6-4-14(5-7-16)8-10-20-19(22)21-18(15-9-12-24-13-15)17-3-2-11-25-17/h2-7,9,11-13,18H,8,10H2,1H3,(H2,20,21,22)/t18-/m1/s1. The third-order valence-electron chi connectivity index (χ3n) is 3.84. The molecular formula is C19H20N2O2S2. The number of amides is 2. The molecule has 25 heavy (non-hydrogen) atoms. The fourth-order valence-corrected chi connectivity index (χ4v) is 4.00. The van der Waals surface area contributed by atoms with Gasteiger partial charge in [0.2, 0.25) is 0 Å². The lowest BCUT2D eigenvalue weighted by molar-refractivity contribution is 0.239. The van der Waals surface area contributed by atoms with Crippen LogP contribution in [0.1, 0.15) is 22.0 Å². The first-order valence-corrected chi connectivity index (χ1v) is 9.81. The van der Waals surface area contributed by atoms with Crippen LogP contribution in [0.4, 0.5) is 4.79 Å². The van der Waals surface area contributed by atoms with Gasteiger partial charge in [0.25, 0.3) is 0 Å². The molecule has 0 unspecified atom stereocenters. The van der Waals surface area contributed by atoms with Gasteiger partial charge in [0.15, 0.2) is 0 Å². The molecule has 2 heterocycles. The number of ether oxygens (including phenoxy) is 1. The van der Waals surface area contributed by atoms with Gasteiger partial charge in [-0.2, -0.15) is 11.3 Å². The molecule has 0 aliphatic rings. The molecule has 1 atom stereocenters. The van der Waals surface area contributed by atoms with E-state index in [1.165, 1.54) is 0 Å². The van der Waals surface area contributed by atoms with Gasteiger partial charge in [0.05, 0.1) is 13.2 Å². The minimum Gasteiger partial charge on any atom is -0.497 e. The Morgan fingerprint density at radius 3 is 2.64 bits per heavy atom. The Hall–Kier alpha value is -2.31. The highest BCUT2D eigenvalue weighted by Crippen LogP contribution is 2.27. The number of carbonyl (C=O) groups is 1. The lowest BCUT2D eigenvalue weighted by Gasteiger charge is -2.17. The minimum absolute atomic E-state index is 0.104. The highest BCUT2D eigenvalue weighted by Gasteiger charge is 2.17. The SMILES string of the molecule is COc1ccc(CCNC(=O)N[C@H](c2ccsc2)c2cccs2)cc1. The topological polar surface area (TPSA) is 50.4 Å². The smallest absolute Gasteiger partial charge is 0.315 e. The van der Waals surface area contributed by atoms with E-state index in [1.807, 2.05) is 53.2 Å². The first kappa shape index (κ1) is 17.5. The maximum absolute atomic E-state index is 12.3. The molecule has 4 nitrogen and oxygen atoms in total. The van der Waals surface area contributed by atoms with Crippen LogP contribution in [-0.2, 0) is 6.42 Å². The summed E-state index contributed by atoms with van der Waals surface area (Å²) in [7, 11) is 1.65. The molecule has 0 aliphatic carbocycles. The monoisotopic (exact) mass is 372 g/mol. The molecule has 0 saturated carbocycles. The van der Waals surface area contributed by atoms with Crippen LogP contribution in [-0.4, -0.2) is 19.7 Å². The van der Waals surface area contributed by atoms with E-state index in [2.05, 4.69) is 16.0 Å². The number of nitrogens with one attached hydrogen (secondary N) is 2.